The summed E-state index contributed by atoms with van der Waals surface area (Å²) in [5.74, 6) is 2.41. The minimum Gasteiger partial charge on any atom is -0.309 e. The summed E-state index contributed by atoms with van der Waals surface area (Å²) in [6, 6.07) is 8.39. The first kappa shape index (κ1) is 15.3. The monoisotopic (exact) mass is 330 g/mol. The Morgan fingerprint density at radius 3 is 2.73 bits per heavy atom. The average molecular weight is 330 g/mol. The number of nitrogens with zero attached hydrogens (tertiary/aromatic N) is 1. The van der Waals surface area contributed by atoms with E-state index in [0.29, 0.717) is 0 Å². The Labute approximate surface area is 137 Å². The number of aromatic amines is 1. The minimum atomic E-state index is -0.0154. The number of hydrogen-bond acceptors (Lipinski definition) is 4. The Balaban J connectivity index is 1.77. The molecular formula is C17H18N2OS2. The molecule has 2 heterocycles. The van der Waals surface area contributed by atoms with E-state index in [2.05, 4.69) is 41.2 Å². The van der Waals surface area contributed by atoms with Crippen LogP contribution in [0.1, 0.15) is 27.4 Å². The fraction of sp³-hybridized carbons (Fsp3) is 0.294. The SMILES string of the molecule is Cc1ccccc1CSCc1nc2sc(C)c(C)c2c(=O)[nH]1. The van der Waals surface area contributed by atoms with E-state index in [1.807, 2.05) is 13.8 Å². The number of thiophene rings is 1. The van der Waals surface area contributed by atoms with Crippen molar-refractivity contribution < 1.29 is 0 Å². The molecule has 114 valence electrons. The average Bonchev–Trinajstić information content (AvgIpc) is 2.76. The number of benzene rings is 1. The zero-order valence-electron chi connectivity index (χ0n) is 12.9. The van der Waals surface area contributed by atoms with Gasteiger partial charge >= 0.3 is 0 Å². The zero-order valence-corrected chi connectivity index (χ0v) is 14.5. The quantitative estimate of drug-likeness (QED) is 0.774. The van der Waals surface area contributed by atoms with E-state index in [1.165, 1.54) is 11.1 Å². The van der Waals surface area contributed by atoms with Crippen molar-refractivity contribution >= 4 is 33.3 Å². The van der Waals surface area contributed by atoms with Crippen LogP contribution in [0.4, 0.5) is 0 Å². The van der Waals surface area contributed by atoms with Crippen LogP contribution in [0.3, 0.4) is 0 Å². The van der Waals surface area contributed by atoms with Crippen LogP contribution in [-0.4, -0.2) is 9.97 Å². The molecule has 0 atom stereocenters. The van der Waals surface area contributed by atoms with Crippen LogP contribution in [0, 0.1) is 20.8 Å². The Morgan fingerprint density at radius 1 is 1.18 bits per heavy atom. The minimum absolute atomic E-state index is 0.0154. The topological polar surface area (TPSA) is 45.8 Å². The van der Waals surface area contributed by atoms with Crippen LogP contribution in [-0.2, 0) is 11.5 Å². The van der Waals surface area contributed by atoms with E-state index in [0.717, 1.165) is 38.0 Å². The standard InChI is InChI=1S/C17H18N2OS2/c1-10-6-4-5-7-13(10)8-21-9-14-18-16(20)15-11(2)12(3)22-17(15)19-14/h4-7H,8-9H2,1-3H3,(H,18,19,20). The lowest BCUT2D eigenvalue weighted by Gasteiger charge is -2.05. The van der Waals surface area contributed by atoms with Crippen molar-refractivity contribution in [3.8, 4) is 0 Å². The number of fused-ring (bicyclic) bond motifs is 1. The highest BCUT2D eigenvalue weighted by molar-refractivity contribution is 7.97. The summed E-state index contributed by atoms with van der Waals surface area (Å²) in [7, 11) is 0. The number of rotatable bonds is 4. The normalized spacial score (nSPS) is 11.2. The van der Waals surface area contributed by atoms with Crippen LogP contribution < -0.4 is 5.56 Å². The van der Waals surface area contributed by atoms with Crippen molar-refractivity contribution in [3.05, 3.63) is 62.0 Å². The number of aromatic nitrogens is 2. The lowest BCUT2D eigenvalue weighted by molar-refractivity contribution is 1.04. The van der Waals surface area contributed by atoms with Crippen molar-refractivity contribution in [2.75, 3.05) is 0 Å². The van der Waals surface area contributed by atoms with E-state index >= 15 is 0 Å². The van der Waals surface area contributed by atoms with Crippen LogP contribution >= 0.6 is 23.1 Å². The number of aryl methyl sites for hydroxylation is 3. The molecule has 1 N–H and O–H groups in total. The van der Waals surface area contributed by atoms with E-state index in [-0.39, 0.29) is 5.56 Å². The van der Waals surface area contributed by atoms with Gasteiger partial charge in [0.2, 0.25) is 0 Å². The summed E-state index contributed by atoms with van der Waals surface area (Å²) in [5, 5.41) is 0.746. The summed E-state index contributed by atoms with van der Waals surface area (Å²) in [5.41, 5.74) is 3.67. The second kappa shape index (κ2) is 6.26. The van der Waals surface area contributed by atoms with E-state index in [9.17, 15) is 4.79 Å². The Morgan fingerprint density at radius 2 is 1.95 bits per heavy atom. The molecule has 5 heteroatoms. The summed E-state index contributed by atoms with van der Waals surface area (Å²) < 4.78 is 0. The molecular weight excluding hydrogens is 312 g/mol. The second-order valence-electron chi connectivity index (χ2n) is 5.40. The molecule has 3 aromatic rings. The van der Waals surface area contributed by atoms with Crippen molar-refractivity contribution in [1.82, 2.24) is 9.97 Å². The molecule has 3 nitrogen and oxygen atoms in total. The van der Waals surface area contributed by atoms with E-state index in [1.54, 1.807) is 23.1 Å². The first-order valence-electron chi connectivity index (χ1n) is 7.17. The highest BCUT2D eigenvalue weighted by Crippen LogP contribution is 2.26. The third kappa shape index (κ3) is 2.96. The second-order valence-corrected chi connectivity index (χ2v) is 7.58. The van der Waals surface area contributed by atoms with Gasteiger partial charge in [-0.15, -0.1) is 23.1 Å². The number of H-pyrrole nitrogens is 1. The summed E-state index contributed by atoms with van der Waals surface area (Å²) in [6.07, 6.45) is 0. The fourth-order valence-electron chi connectivity index (χ4n) is 2.40. The lowest BCUT2D eigenvalue weighted by atomic mass is 10.1. The van der Waals surface area contributed by atoms with Gasteiger partial charge in [0.05, 0.1) is 11.1 Å². The van der Waals surface area contributed by atoms with Crippen molar-refractivity contribution in [3.63, 3.8) is 0 Å². The van der Waals surface area contributed by atoms with Gasteiger partial charge in [-0.3, -0.25) is 4.79 Å². The Bertz CT molecular complexity index is 880. The van der Waals surface area contributed by atoms with Crippen molar-refractivity contribution in [2.24, 2.45) is 0 Å². The molecule has 0 spiro atoms. The van der Waals surface area contributed by atoms with Crippen molar-refractivity contribution in [2.45, 2.75) is 32.3 Å². The summed E-state index contributed by atoms with van der Waals surface area (Å²) in [6.45, 7) is 6.14. The van der Waals surface area contributed by atoms with Gasteiger partial charge in [-0.25, -0.2) is 4.98 Å². The van der Waals surface area contributed by atoms with Crippen LogP contribution in [0.5, 0.6) is 0 Å². The fourth-order valence-corrected chi connectivity index (χ4v) is 4.42. The van der Waals surface area contributed by atoms with Crippen molar-refractivity contribution in [1.29, 1.82) is 0 Å². The number of thioether (sulfide) groups is 1. The highest BCUT2D eigenvalue weighted by Gasteiger charge is 2.11. The molecule has 0 aliphatic rings. The van der Waals surface area contributed by atoms with Gasteiger partial charge in [0.25, 0.3) is 5.56 Å². The molecule has 0 saturated heterocycles. The zero-order chi connectivity index (χ0) is 15.7. The maximum Gasteiger partial charge on any atom is 0.259 e. The highest BCUT2D eigenvalue weighted by atomic mass is 32.2. The number of nitrogens with one attached hydrogen (secondary N) is 1. The predicted molar refractivity (Wildman–Crippen MR) is 95.9 cm³/mol. The molecule has 0 aliphatic carbocycles. The third-order valence-electron chi connectivity index (χ3n) is 3.85. The van der Waals surface area contributed by atoms with Gasteiger partial charge < -0.3 is 4.98 Å². The van der Waals surface area contributed by atoms with Gasteiger partial charge in [0.15, 0.2) is 0 Å². The lowest BCUT2D eigenvalue weighted by Crippen LogP contribution is -2.10. The van der Waals surface area contributed by atoms with Gasteiger partial charge in [0, 0.05) is 10.6 Å². The molecule has 0 bridgehead atoms. The maximum atomic E-state index is 12.2. The van der Waals surface area contributed by atoms with Crippen LogP contribution in [0.25, 0.3) is 10.2 Å². The van der Waals surface area contributed by atoms with Gasteiger partial charge in [-0.05, 0) is 37.5 Å². The van der Waals surface area contributed by atoms with Crippen LogP contribution in [0.2, 0.25) is 0 Å². The molecule has 0 unspecified atom stereocenters. The summed E-state index contributed by atoms with van der Waals surface area (Å²) >= 11 is 3.37. The number of hydrogen-bond donors (Lipinski definition) is 1. The maximum absolute atomic E-state index is 12.2. The van der Waals surface area contributed by atoms with Gasteiger partial charge in [0.1, 0.15) is 10.7 Å². The molecule has 0 aliphatic heterocycles. The molecule has 3 rings (SSSR count). The smallest absolute Gasteiger partial charge is 0.259 e. The molecule has 0 radical (unpaired) electrons. The molecule has 1 aromatic carbocycles. The van der Waals surface area contributed by atoms with Crippen LogP contribution in [0.15, 0.2) is 29.1 Å². The van der Waals surface area contributed by atoms with Gasteiger partial charge in [-0.2, -0.15) is 0 Å². The first-order valence-corrected chi connectivity index (χ1v) is 9.14. The first-order chi connectivity index (χ1) is 10.6. The molecule has 0 amide bonds. The van der Waals surface area contributed by atoms with E-state index in [4.69, 9.17) is 0 Å². The molecule has 2 aromatic heterocycles. The predicted octanol–water partition coefficient (Wildman–Crippen LogP) is 4.34. The summed E-state index contributed by atoms with van der Waals surface area (Å²) in [4.78, 5) is 21.8. The Hall–Kier alpha value is -1.59. The molecule has 22 heavy (non-hydrogen) atoms. The Kier molecular flexibility index (Phi) is 4.36. The molecule has 0 fully saturated rings. The van der Waals surface area contributed by atoms with Gasteiger partial charge in [-0.1, -0.05) is 24.3 Å². The largest absolute Gasteiger partial charge is 0.309 e. The molecule has 0 saturated carbocycles. The van der Waals surface area contributed by atoms with E-state index < -0.39 is 0 Å². The third-order valence-corrected chi connectivity index (χ3v) is 5.94.